The lowest BCUT2D eigenvalue weighted by Gasteiger charge is -2.05. The van der Waals surface area contributed by atoms with Crippen molar-refractivity contribution >= 4 is 15.6 Å². The Hall–Kier alpha value is -2.02. The number of hydrogen-bond acceptors (Lipinski definition) is 5. The Kier molecular flexibility index (Phi) is 4.52. The van der Waals surface area contributed by atoms with Crippen LogP contribution in [-0.2, 0) is 22.8 Å². The van der Waals surface area contributed by atoms with Crippen molar-refractivity contribution < 1.29 is 13.2 Å². The molecule has 2 rings (SSSR count). The van der Waals surface area contributed by atoms with Crippen molar-refractivity contribution in [3.05, 3.63) is 42.0 Å². The van der Waals surface area contributed by atoms with E-state index in [4.69, 9.17) is 0 Å². The highest BCUT2D eigenvalue weighted by Crippen LogP contribution is 2.12. The molecule has 0 aliphatic heterocycles. The van der Waals surface area contributed by atoms with Crippen LogP contribution in [0.5, 0.6) is 0 Å². The molecule has 112 valence electrons. The average Bonchev–Trinajstić information content (AvgIpc) is 2.86. The number of carbonyl (C=O) groups excluding carboxylic acids is 1. The molecule has 6 nitrogen and oxygen atoms in total. The summed E-state index contributed by atoms with van der Waals surface area (Å²) in [7, 11) is -3.25. The third-order valence-corrected chi connectivity index (χ3v) is 4.18. The first-order chi connectivity index (χ1) is 9.91. The van der Waals surface area contributed by atoms with E-state index in [9.17, 15) is 13.2 Å². The number of sulfone groups is 1. The average molecular weight is 307 g/mol. The Bertz CT molecular complexity index is 733. The number of hydrogen-bond donors (Lipinski definition) is 0. The molecule has 0 fully saturated rings. The Labute approximate surface area is 123 Å². The minimum atomic E-state index is -3.25. The van der Waals surface area contributed by atoms with E-state index < -0.39 is 9.84 Å². The molecule has 0 unspecified atom stereocenters. The first kappa shape index (κ1) is 15.4. The quantitative estimate of drug-likeness (QED) is 0.756. The summed E-state index contributed by atoms with van der Waals surface area (Å²) in [5, 5.41) is 4.07. The van der Waals surface area contributed by atoms with Gasteiger partial charge in [0, 0.05) is 18.4 Å². The van der Waals surface area contributed by atoms with Crippen LogP contribution in [0.25, 0.3) is 0 Å². The number of ketones is 1. The molecule has 0 N–H and O–H groups in total. The fourth-order valence-electron chi connectivity index (χ4n) is 1.96. The second-order valence-corrected chi connectivity index (χ2v) is 6.81. The van der Waals surface area contributed by atoms with Crippen LogP contribution in [0, 0.1) is 0 Å². The highest BCUT2D eigenvalue weighted by atomic mass is 32.2. The fourth-order valence-corrected chi connectivity index (χ4v) is 2.59. The van der Waals surface area contributed by atoms with Gasteiger partial charge in [-0.1, -0.05) is 19.1 Å². The molecule has 1 aromatic carbocycles. The van der Waals surface area contributed by atoms with Gasteiger partial charge in [-0.3, -0.25) is 4.79 Å². The van der Waals surface area contributed by atoms with Crippen molar-refractivity contribution in [1.82, 2.24) is 14.8 Å². The molecule has 0 aliphatic rings. The van der Waals surface area contributed by atoms with Gasteiger partial charge < -0.3 is 0 Å². The number of aryl methyl sites for hydroxylation is 1. The SMILES string of the molecule is CCCn1ncnc1CC(=O)c1ccc(S(C)(=O)=O)cc1. The number of Topliss-reactive ketones (excluding diaryl/α,β-unsaturated/α-hetero) is 1. The van der Waals surface area contributed by atoms with E-state index in [1.165, 1.54) is 30.6 Å². The third-order valence-electron chi connectivity index (χ3n) is 3.05. The van der Waals surface area contributed by atoms with Crippen LogP contribution in [-0.4, -0.2) is 35.2 Å². The second-order valence-electron chi connectivity index (χ2n) is 4.80. The molecule has 0 amide bonds. The first-order valence-electron chi connectivity index (χ1n) is 6.62. The molecule has 2 aromatic rings. The molecule has 1 heterocycles. The van der Waals surface area contributed by atoms with Gasteiger partial charge >= 0.3 is 0 Å². The number of aromatic nitrogens is 3. The second kappa shape index (κ2) is 6.17. The summed E-state index contributed by atoms with van der Waals surface area (Å²) in [6.07, 6.45) is 3.63. The molecule has 7 heteroatoms. The molecule has 0 aliphatic carbocycles. The van der Waals surface area contributed by atoms with E-state index in [2.05, 4.69) is 10.1 Å². The number of nitrogens with zero attached hydrogens (tertiary/aromatic N) is 3. The van der Waals surface area contributed by atoms with Crippen LogP contribution >= 0.6 is 0 Å². The van der Waals surface area contributed by atoms with Gasteiger partial charge in [0.25, 0.3) is 0 Å². The minimum absolute atomic E-state index is 0.111. The predicted molar refractivity (Wildman–Crippen MR) is 77.9 cm³/mol. The van der Waals surface area contributed by atoms with Gasteiger partial charge in [0.15, 0.2) is 15.6 Å². The van der Waals surface area contributed by atoms with Crippen LogP contribution in [0.4, 0.5) is 0 Å². The highest BCUT2D eigenvalue weighted by molar-refractivity contribution is 7.90. The van der Waals surface area contributed by atoms with Crippen molar-refractivity contribution in [2.24, 2.45) is 0 Å². The van der Waals surface area contributed by atoms with Gasteiger partial charge in [-0.15, -0.1) is 0 Å². The minimum Gasteiger partial charge on any atom is -0.294 e. The lowest BCUT2D eigenvalue weighted by molar-refractivity contribution is 0.0989. The van der Waals surface area contributed by atoms with E-state index in [1.807, 2.05) is 6.92 Å². The standard InChI is InChI=1S/C14H17N3O3S/c1-3-8-17-14(15-10-16-17)9-13(18)11-4-6-12(7-5-11)21(2,19)20/h4-7,10H,3,8-9H2,1-2H3. The van der Waals surface area contributed by atoms with Crippen LogP contribution < -0.4 is 0 Å². The summed E-state index contributed by atoms with van der Waals surface area (Å²) in [4.78, 5) is 16.5. The van der Waals surface area contributed by atoms with Gasteiger partial charge in [0.1, 0.15) is 12.2 Å². The van der Waals surface area contributed by atoms with Gasteiger partial charge in [-0.2, -0.15) is 5.10 Å². The van der Waals surface area contributed by atoms with Crippen molar-refractivity contribution in [2.75, 3.05) is 6.26 Å². The molecule has 0 atom stereocenters. The number of benzene rings is 1. The van der Waals surface area contributed by atoms with Crippen LogP contribution in [0.15, 0.2) is 35.5 Å². The van der Waals surface area contributed by atoms with Crippen molar-refractivity contribution in [3.63, 3.8) is 0 Å². The highest BCUT2D eigenvalue weighted by Gasteiger charge is 2.13. The van der Waals surface area contributed by atoms with E-state index in [-0.39, 0.29) is 17.1 Å². The zero-order chi connectivity index (χ0) is 15.5. The van der Waals surface area contributed by atoms with Gasteiger partial charge in [-0.25, -0.2) is 18.1 Å². The third kappa shape index (κ3) is 3.75. The molecule has 0 radical (unpaired) electrons. The molecule has 0 saturated heterocycles. The maximum atomic E-state index is 12.2. The zero-order valence-electron chi connectivity index (χ0n) is 12.0. The summed E-state index contributed by atoms with van der Waals surface area (Å²) >= 11 is 0. The lowest BCUT2D eigenvalue weighted by atomic mass is 10.1. The Morgan fingerprint density at radius 2 is 1.90 bits per heavy atom. The predicted octanol–water partition coefficient (Wildman–Crippen LogP) is 1.52. The summed E-state index contributed by atoms with van der Waals surface area (Å²) in [5.41, 5.74) is 0.466. The number of rotatable bonds is 6. The van der Waals surface area contributed by atoms with Gasteiger partial charge in [0.05, 0.1) is 11.3 Å². The molecule has 21 heavy (non-hydrogen) atoms. The van der Waals surface area contributed by atoms with E-state index >= 15 is 0 Å². The monoisotopic (exact) mass is 307 g/mol. The van der Waals surface area contributed by atoms with E-state index in [0.29, 0.717) is 11.4 Å². The van der Waals surface area contributed by atoms with Crippen molar-refractivity contribution in [2.45, 2.75) is 31.2 Å². The Morgan fingerprint density at radius 3 is 2.48 bits per heavy atom. The molecule has 0 spiro atoms. The topological polar surface area (TPSA) is 81.9 Å². The summed E-state index contributed by atoms with van der Waals surface area (Å²) in [5.74, 6) is 0.509. The van der Waals surface area contributed by atoms with E-state index in [0.717, 1.165) is 19.2 Å². The largest absolute Gasteiger partial charge is 0.294 e. The van der Waals surface area contributed by atoms with Gasteiger partial charge in [-0.05, 0) is 18.6 Å². The number of carbonyl (C=O) groups is 1. The van der Waals surface area contributed by atoms with Gasteiger partial charge in [0.2, 0.25) is 0 Å². The molecular weight excluding hydrogens is 290 g/mol. The van der Waals surface area contributed by atoms with Crippen LogP contribution in [0.1, 0.15) is 29.5 Å². The maximum Gasteiger partial charge on any atom is 0.175 e. The fraction of sp³-hybridized carbons (Fsp3) is 0.357. The molecule has 1 aromatic heterocycles. The van der Waals surface area contributed by atoms with E-state index in [1.54, 1.807) is 4.68 Å². The molecule has 0 saturated carbocycles. The zero-order valence-corrected chi connectivity index (χ0v) is 12.8. The molecular formula is C14H17N3O3S. The Morgan fingerprint density at radius 1 is 1.24 bits per heavy atom. The summed E-state index contributed by atoms with van der Waals surface area (Å²) in [6.45, 7) is 2.74. The Balaban J connectivity index is 2.15. The smallest absolute Gasteiger partial charge is 0.175 e. The van der Waals surface area contributed by atoms with Crippen LogP contribution in [0.3, 0.4) is 0 Å². The normalized spacial score (nSPS) is 11.5. The summed E-state index contributed by atoms with van der Waals surface area (Å²) < 4.78 is 24.5. The van der Waals surface area contributed by atoms with Crippen molar-refractivity contribution in [3.8, 4) is 0 Å². The van der Waals surface area contributed by atoms with Crippen LogP contribution in [0.2, 0.25) is 0 Å². The van der Waals surface area contributed by atoms with Crippen molar-refractivity contribution in [1.29, 1.82) is 0 Å². The maximum absolute atomic E-state index is 12.2. The molecule has 0 bridgehead atoms. The summed E-state index contributed by atoms with van der Waals surface area (Å²) in [6, 6.07) is 5.94. The first-order valence-corrected chi connectivity index (χ1v) is 8.51. The lowest BCUT2D eigenvalue weighted by Crippen LogP contribution is -2.11.